The first kappa shape index (κ1) is 18.5. The Morgan fingerprint density at radius 1 is 1.20 bits per heavy atom. The zero-order chi connectivity index (χ0) is 20.2. The van der Waals surface area contributed by atoms with Gasteiger partial charge in [0.15, 0.2) is 10.8 Å². The van der Waals surface area contributed by atoms with Gasteiger partial charge in [-0.25, -0.2) is 19.9 Å². The second kappa shape index (κ2) is 7.14. The Hall–Kier alpha value is -2.30. The van der Waals surface area contributed by atoms with Crippen LogP contribution in [0, 0.1) is 5.92 Å². The lowest BCUT2D eigenvalue weighted by molar-refractivity contribution is 0.297. The summed E-state index contributed by atoms with van der Waals surface area (Å²) in [5, 5.41) is 5.30. The van der Waals surface area contributed by atoms with E-state index in [1.54, 1.807) is 18.6 Å². The molecule has 2 aliphatic heterocycles. The summed E-state index contributed by atoms with van der Waals surface area (Å²) in [5.41, 5.74) is 3.42. The number of hydrogen-bond acceptors (Lipinski definition) is 8. The average molecular weight is 483 g/mol. The number of anilines is 1. The van der Waals surface area contributed by atoms with Crippen LogP contribution in [0.5, 0.6) is 0 Å². The van der Waals surface area contributed by atoms with Crippen LogP contribution in [0.2, 0.25) is 0 Å². The summed E-state index contributed by atoms with van der Waals surface area (Å²) in [6.07, 6.45) is 6.03. The molecule has 0 radical (unpaired) electrons. The molecular formula is C20H19BrN8S. The molecule has 6 rings (SSSR count). The third-order valence-corrected chi connectivity index (χ3v) is 7.57. The van der Waals surface area contributed by atoms with E-state index in [1.807, 2.05) is 6.07 Å². The SMILES string of the molecule is CCc1[nH]c2nc(Sc3cnc4nccnc4c3)nc(N3CC4CNC4C3)c2c1Br. The van der Waals surface area contributed by atoms with Crippen LogP contribution in [0.3, 0.4) is 0 Å². The van der Waals surface area contributed by atoms with Gasteiger partial charge in [-0.3, -0.25) is 4.98 Å². The van der Waals surface area contributed by atoms with Crippen molar-refractivity contribution in [2.75, 3.05) is 24.5 Å². The van der Waals surface area contributed by atoms with Crippen LogP contribution in [-0.2, 0) is 6.42 Å². The van der Waals surface area contributed by atoms with Gasteiger partial charge in [-0.1, -0.05) is 6.92 Å². The molecule has 152 valence electrons. The summed E-state index contributed by atoms with van der Waals surface area (Å²) in [6, 6.07) is 2.55. The zero-order valence-electron chi connectivity index (χ0n) is 16.3. The predicted molar refractivity (Wildman–Crippen MR) is 120 cm³/mol. The lowest BCUT2D eigenvalue weighted by Crippen LogP contribution is -2.51. The van der Waals surface area contributed by atoms with Gasteiger partial charge in [0.05, 0.1) is 9.86 Å². The van der Waals surface area contributed by atoms with Crippen molar-refractivity contribution in [1.29, 1.82) is 0 Å². The van der Waals surface area contributed by atoms with Crippen LogP contribution in [-0.4, -0.2) is 55.6 Å². The van der Waals surface area contributed by atoms with Crippen LogP contribution in [0.15, 0.2) is 39.2 Å². The lowest BCUT2D eigenvalue weighted by atomic mass is 9.96. The van der Waals surface area contributed by atoms with E-state index in [9.17, 15) is 0 Å². The Kier molecular flexibility index (Phi) is 4.39. The van der Waals surface area contributed by atoms with Gasteiger partial charge in [0.1, 0.15) is 17.0 Å². The molecule has 2 aliphatic rings. The van der Waals surface area contributed by atoms with Gasteiger partial charge in [0.25, 0.3) is 0 Å². The Bertz CT molecular complexity index is 1260. The third kappa shape index (κ3) is 2.97. The van der Waals surface area contributed by atoms with E-state index >= 15 is 0 Å². The number of nitrogens with zero attached hydrogens (tertiary/aromatic N) is 6. The maximum absolute atomic E-state index is 5.00. The molecule has 2 saturated heterocycles. The molecule has 4 aromatic rings. The first-order valence-electron chi connectivity index (χ1n) is 10.0. The van der Waals surface area contributed by atoms with Crippen molar-refractivity contribution >= 4 is 55.7 Å². The minimum absolute atomic E-state index is 0.567. The quantitative estimate of drug-likeness (QED) is 0.428. The highest BCUT2D eigenvalue weighted by Gasteiger charge is 2.40. The van der Waals surface area contributed by atoms with E-state index in [4.69, 9.17) is 9.97 Å². The molecule has 8 nitrogen and oxygen atoms in total. The predicted octanol–water partition coefficient (Wildman–Crippen LogP) is 3.18. The first-order valence-corrected chi connectivity index (χ1v) is 11.6. The molecule has 2 unspecified atom stereocenters. The summed E-state index contributed by atoms with van der Waals surface area (Å²) < 4.78 is 1.07. The zero-order valence-corrected chi connectivity index (χ0v) is 18.7. The van der Waals surface area contributed by atoms with Gasteiger partial charge in [0.2, 0.25) is 0 Å². The highest BCUT2D eigenvalue weighted by atomic mass is 79.9. The Morgan fingerprint density at radius 2 is 2.10 bits per heavy atom. The second-order valence-corrected chi connectivity index (χ2v) is 9.51. The van der Waals surface area contributed by atoms with Crippen LogP contribution < -0.4 is 10.2 Å². The minimum atomic E-state index is 0.567. The smallest absolute Gasteiger partial charge is 0.196 e. The van der Waals surface area contributed by atoms with Gasteiger partial charge in [-0.2, -0.15) is 0 Å². The Labute approximate surface area is 185 Å². The minimum Gasteiger partial charge on any atom is -0.354 e. The number of rotatable bonds is 4. The van der Waals surface area contributed by atoms with Crippen molar-refractivity contribution in [3.63, 3.8) is 0 Å². The molecule has 2 atom stereocenters. The lowest BCUT2D eigenvalue weighted by Gasteiger charge is -2.29. The van der Waals surface area contributed by atoms with Gasteiger partial charge in [-0.05, 0) is 40.2 Å². The number of aromatic nitrogens is 6. The standard InChI is InChI=1S/C20H19BrN8S/c1-2-12-16(21)15-18(26-12)27-20(28-19(15)29-8-10-6-24-14(10)9-29)30-11-5-13-17(25-7-11)23-4-3-22-13/h3-5,7,10,14,24H,2,6,8-9H2,1H3,(H,26,27,28). The largest absolute Gasteiger partial charge is 0.354 e. The van der Waals surface area contributed by atoms with Crippen molar-refractivity contribution in [2.45, 2.75) is 29.4 Å². The van der Waals surface area contributed by atoms with Crippen LogP contribution in [0.25, 0.3) is 22.2 Å². The number of hydrogen-bond donors (Lipinski definition) is 2. The molecular weight excluding hydrogens is 464 g/mol. The summed E-state index contributed by atoms with van der Waals surface area (Å²) in [5.74, 6) is 1.70. The van der Waals surface area contributed by atoms with E-state index < -0.39 is 0 Å². The monoisotopic (exact) mass is 482 g/mol. The molecule has 0 saturated carbocycles. The molecule has 0 aliphatic carbocycles. The number of fused-ring (bicyclic) bond motifs is 3. The van der Waals surface area contributed by atoms with Crippen molar-refractivity contribution in [2.24, 2.45) is 5.92 Å². The Balaban J connectivity index is 1.43. The van der Waals surface area contributed by atoms with E-state index in [0.717, 1.165) is 63.5 Å². The van der Waals surface area contributed by atoms with Crippen molar-refractivity contribution in [1.82, 2.24) is 35.2 Å². The molecule has 0 amide bonds. The van der Waals surface area contributed by atoms with Gasteiger partial charge in [-0.15, -0.1) is 0 Å². The highest BCUT2D eigenvalue weighted by Crippen LogP contribution is 2.39. The topological polar surface area (TPSA) is 95.5 Å². The van der Waals surface area contributed by atoms with E-state index in [-0.39, 0.29) is 0 Å². The first-order chi connectivity index (χ1) is 14.7. The molecule has 30 heavy (non-hydrogen) atoms. The molecule has 10 heteroatoms. The number of halogens is 1. The summed E-state index contributed by atoms with van der Waals surface area (Å²) >= 11 is 5.29. The molecule has 0 bridgehead atoms. The number of aromatic amines is 1. The molecule has 4 aromatic heterocycles. The number of nitrogens with one attached hydrogen (secondary N) is 2. The molecule has 0 spiro atoms. The van der Waals surface area contributed by atoms with E-state index in [0.29, 0.717) is 22.8 Å². The molecule has 6 heterocycles. The van der Waals surface area contributed by atoms with Gasteiger partial charge < -0.3 is 15.2 Å². The summed E-state index contributed by atoms with van der Waals surface area (Å²) in [6.45, 7) is 5.24. The summed E-state index contributed by atoms with van der Waals surface area (Å²) in [7, 11) is 0. The van der Waals surface area contributed by atoms with Crippen LogP contribution in [0.4, 0.5) is 5.82 Å². The van der Waals surface area contributed by atoms with Crippen LogP contribution >= 0.6 is 27.7 Å². The normalized spacial score (nSPS) is 20.7. The third-order valence-electron chi connectivity index (χ3n) is 5.87. The van der Waals surface area contributed by atoms with Gasteiger partial charge in [0, 0.05) is 60.8 Å². The fourth-order valence-corrected chi connectivity index (χ4v) is 5.71. The number of pyridine rings is 1. The van der Waals surface area contributed by atoms with Crippen LogP contribution in [0.1, 0.15) is 12.6 Å². The van der Waals surface area contributed by atoms with Crippen molar-refractivity contribution < 1.29 is 0 Å². The maximum Gasteiger partial charge on any atom is 0.196 e. The molecule has 0 aromatic carbocycles. The highest BCUT2D eigenvalue weighted by molar-refractivity contribution is 9.10. The number of H-pyrrole nitrogens is 1. The van der Waals surface area contributed by atoms with E-state index in [2.05, 4.69) is 53.0 Å². The second-order valence-electron chi connectivity index (χ2n) is 7.68. The molecule has 2 N–H and O–H groups in total. The van der Waals surface area contributed by atoms with Crippen molar-refractivity contribution in [3.05, 3.63) is 34.8 Å². The Morgan fingerprint density at radius 3 is 2.87 bits per heavy atom. The maximum atomic E-state index is 5.00. The summed E-state index contributed by atoms with van der Waals surface area (Å²) in [4.78, 5) is 29.7. The number of aryl methyl sites for hydroxylation is 1. The van der Waals surface area contributed by atoms with Gasteiger partial charge >= 0.3 is 0 Å². The average Bonchev–Trinajstić information content (AvgIpc) is 3.23. The molecule has 2 fully saturated rings. The van der Waals surface area contributed by atoms with Crippen molar-refractivity contribution in [3.8, 4) is 0 Å². The fraction of sp³-hybridized carbons (Fsp3) is 0.350. The van der Waals surface area contributed by atoms with E-state index in [1.165, 1.54) is 11.8 Å². The fourth-order valence-electron chi connectivity index (χ4n) is 4.21.